The van der Waals surface area contributed by atoms with E-state index >= 15 is 0 Å². The summed E-state index contributed by atoms with van der Waals surface area (Å²) in [5, 5.41) is 6.92. The number of aryl methyl sites for hydroxylation is 1. The summed E-state index contributed by atoms with van der Waals surface area (Å²) in [5.74, 6) is 1.45. The van der Waals surface area contributed by atoms with Crippen molar-refractivity contribution >= 4 is 11.6 Å². The molecule has 1 saturated heterocycles. The van der Waals surface area contributed by atoms with E-state index in [0.29, 0.717) is 18.5 Å². The van der Waals surface area contributed by atoms with Gasteiger partial charge in [0.25, 0.3) is 0 Å². The third-order valence-electron chi connectivity index (χ3n) is 5.24. The molecule has 1 atom stereocenters. The van der Waals surface area contributed by atoms with E-state index in [0.717, 1.165) is 43.3 Å². The Labute approximate surface area is 178 Å². The van der Waals surface area contributed by atoms with Crippen LogP contribution in [0.4, 0.5) is 5.69 Å². The Hall–Kier alpha value is -3.28. The molecule has 0 spiro atoms. The van der Waals surface area contributed by atoms with E-state index in [9.17, 15) is 0 Å². The molecule has 156 valence electrons. The van der Waals surface area contributed by atoms with Crippen LogP contribution >= 0.6 is 0 Å². The van der Waals surface area contributed by atoms with Crippen LogP contribution in [-0.4, -0.2) is 36.6 Å². The van der Waals surface area contributed by atoms with Gasteiger partial charge in [-0.15, -0.1) is 0 Å². The lowest BCUT2D eigenvalue weighted by atomic mass is 10.2. The van der Waals surface area contributed by atoms with Gasteiger partial charge in [0.1, 0.15) is 12.0 Å². The number of aliphatic imine (C=N–C) groups is 1. The van der Waals surface area contributed by atoms with Crippen molar-refractivity contribution in [2.45, 2.75) is 32.9 Å². The number of benzene rings is 2. The molecule has 2 heterocycles. The average Bonchev–Trinajstić information content (AvgIpc) is 3.43. The molecule has 0 bridgehead atoms. The summed E-state index contributed by atoms with van der Waals surface area (Å²) in [7, 11) is 0. The van der Waals surface area contributed by atoms with Gasteiger partial charge in [0.15, 0.2) is 5.96 Å². The number of aromatic nitrogens is 1. The summed E-state index contributed by atoms with van der Waals surface area (Å²) in [6, 6.07) is 19.0. The minimum absolute atomic E-state index is 0.362. The Balaban J connectivity index is 1.36. The summed E-state index contributed by atoms with van der Waals surface area (Å²) in [5.41, 5.74) is 4.36. The average molecular weight is 404 g/mol. The molecule has 1 aliphatic heterocycles. The highest BCUT2D eigenvalue weighted by atomic mass is 16.3. The van der Waals surface area contributed by atoms with Crippen molar-refractivity contribution in [2.24, 2.45) is 4.99 Å². The van der Waals surface area contributed by atoms with Gasteiger partial charge in [0.05, 0.1) is 6.54 Å². The number of hydrogen-bond acceptors (Lipinski definition) is 4. The van der Waals surface area contributed by atoms with Crippen LogP contribution in [0.5, 0.6) is 0 Å². The summed E-state index contributed by atoms with van der Waals surface area (Å²) in [6.07, 6.45) is 2.77. The van der Waals surface area contributed by atoms with E-state index < -0.39 is 0 Å². The molecular formula is C24H29N5O. The molecule has 0 radical (unpaired) electrons. The first-order valence-electron chi connectivity index (χ1n) is 10.6. The summed E-state index contributed by atoms with van der Waals surface area (Å²) in [6.45, 7) is 7.50. The van der Waals surface area contributed by atoms with Crippen molar-refractivity contribution in [3.63, 3.8) is 0 Å². The smallest absolute Gasteiger partial charge is 0.226 e. The third kappa shape index (κ3) is 5.00. The molecule has 2 N–H and O–H groups in total. The lowest BCUT2D eigenvalue weighted by molar-refractivity contribution is 0.572. The number of guanidine groups is 1. The Morgan fingerprint density at radius 1 is 1.17 bits per heavy atom. The van der Waals surface area contributed by atoms with Crippen LogP contribution in [0, 0.1) is 6.92 Å². The summed E-state index contributed by atoms with van der Waals surface area (Å²) >= 11 is 0. The van der Waals surface area contributed by atoms with E-state index in [1.807, 2.05) is 30.3 Å². The molecule has 2 aromatic carbocycles. The number of rotatable bonds is 6. The lowest BCUT2D eigenvalue weighted by Gasteiger charge is -2.20. The topological polar surface area (TPSA) is 65.7 Å². The second-order valence-corrected chi connectivity index (χ2v) is 7.62. The maximum absolute atomic E-state index is 5.62. The fraction of sp³-hybridized carbons (Fsp3) is 0.333. The predicted octanol–water partition coefficient (Wildman–Crippen LogP) is 3.98. The quantitative estimate of drug-likeness (QED) is 0.481. The fourth-order valence-electron chi connectivity index (χ4n) is 3.63. The van der Waals surface area contributed by atoms with Crippen LogP contribution in [0.2, 0.25) is 0 Å². The number of nitrogens with one attached hydrogen (secondary N) is 2. The molecule has 30 heavy (non-hydrogen) atoms. The first-order chi connectivity index (χ1) is 14.7. The van der Waals surface area contributed by atoms with Gasteiger partial charge in [-0.3, -0.25) is 0 Å². The normalized spacial score (nSPS) is 16.7. The van der Waals surface area contributed by atoms with Crippen LogP contribution in [0.25, 0.3) is 11.5 Å². The van der Waals surface area contributed by atoms with Crippen molar-refractivity contribution in [2.75, 3.05) is 24.5 Å². The van der Waals surface area contributed by atoms with Gasteiger partial charge in [-0.1, -0.05) is 35.9 Å². The van der Waals surface area contributed by atoms with Crippen molar-refractivity contribution in [3.05, 3.63) is 72.1 Å². The fourth-order valence-corrected chi connectivity index (χ4v) is 3.63. The molecule has 4 rings (SSSR count). The highest BCUT2D eigenvalue weighted by Gasteiger charge is 2.23. The zero-order chi connectivity index (χ0) is 20.8. The van der Waals surface area contributed by atoms with Gasteiger partial charge >= 0.3 is 0 Å². The van der Waals surface area contributed by atoms with Crippen molar-refractivity contribution in [3.8, 4) is 11.5 Å². The van der Waals surface area contributed by atoms with Crippen LogP contribution < -0.4 is 15.5 Å². The van der Waals surface area contributed by atoms with E-state index in [4.69, 9.17) is 9.41 Å². The molecule has 0 aliphatic carbocycles. The third-order valence-corrected chi connectivity index (χ3v) is 5.24. The van der Waals surface area contributed by atoms with Crippen LogP contribution in [-0.2, 0) is 6.54 Å². The molecule has 1 aliphatic rings. The van der Waals surface area contributed by atoms with Gasteiger partial charge in [-0.2, -0.15) is 0 Å². The minimum atomic E-state index is 0.362. The zero-order valence-corrected chi connectivity index (χ0v) is 17.6. The van der Waals surface area contributed by atoms with Gasteiger partial charge < -0.3 is 20.0 Å². The summed E-state index contributed by atoms with van der Waals surface area (Å²) < 4.78 is 5.62. The first-order valence-corrected chi connectivity index (χ1v) is 10.6. The van der Waals surface area contributed by atoms with E-state index in [1.165, 1.54) is 11.3 Å². The number of nitrogens with zero attached hydrogens (tertiary/aromatic N) is 3. The van der Waals surface area contributed by atoms with Crippen LogP contribution in [0.1, 0.15) is 24.6 Å². The number of oxazole rings is 1. The minimum Gasteiger partial charge on any atom is -0.444 e. The Morgan fingerprint density at radius 2 is 1.97 bits per heavy atom. The van der Waals surface area contributed by atoms with Crippen molar-refractivity contribution in [1.82, 2.24) is 15.6 Å². The number of anilines is 1. The maximum atomic E-state index is 5.62. The molecule has 1 fully saturated rings. The number of hydrogen-bond donors (Lipinski definition) is 2. The second kappa shape index (κ2) is 9.48. The zero-order valence-electron chi connectivity index (χ0n) is 17.6. The largest absolute Gasteiger partial charge is 0.444 e. The molecular weight excluding hydrogens is 374 g/mol. The second-order valence-electron chi connectivity index (χ2n) is 7.62. The van der Waals surface area contributed by atoms with E-state index in [2.05, 4.69) is 58.6 Å². The highest BCUT2D eigenvalue weighted by molar-refractivity contribution is 5.80. The molecule has 0 saturated carbocycles. The molecule has 6 nitrogen and oxygen atoms in total. The van der Waals surface area contributed by atoms with Gasteiger partial charge in [0.2, 0.25) is 5.89 Å². The molecule has 1 unspecified atom stereocenters. The molecule has 3 aromatic rings. The predicted molar refractivity (Wildman–Crippen MR) is 122 cm³/mol. The summed E-state index contributed by atoms with van der Waals surface area (Å²) in [4.78, 5) is 11.7. The SMILES string of the molecule is CCNC(=NCc1coc(-c2ccccc2)n1)NC1CCN(c2ccc(C)cc2)C1. The lowest BCUT2D eigenvalue weighted by Crippen LogP contribution is -2.44. The Kier molecular flexibility index (Phi) is 6.32. The van der Waals surface area contributed by atoms with Crippen LogP contribution in [0.3, 0.4) is 0 Å². The maximum Gasteiger partial charge on any atom is 0.226 e. The standard InChI is InChI=1S/C24H29N5O/c1-3-25-24(26-15-21-17-30-23(27-21)19-7-5-4-6-8-19)28-20-13-14-29(16-20)22-11-9-18(2)10-12-22/h4-12,17,20H,3,13-16H2,1-2H3,(H2,25,26,28). The Morgan fingerprint density at radius 3 is 2.73 bits per heavy atom. The van der Waals surface area contributed by atoms with Gasteiger partial charge in [-0.25, -0.2) is 9.98 Å². The highest BCUT2D eigenvalue weighted by Crippen LogP contribution is 2.21. The van der Waals surface area contributed by atoms with E-state index in [1.54, 1.807) is 6.26 Å². The van der Waals surface area contributed by atoms with Crippen molar-refractivity contribution in [1.29, 1.82) is 0 Å². The first kappa shape index (κ1) is 20.0. The van der Waals surface area contributed by atoms with Crippen LogP contribution in [0.15, 0.2) is 70.3 Å². The van der Waals surface area contributed by atoms with Gasteiger partial charge in [-0.05, 0) is 44.5 Å². The Bertz CT molecular complexity index is 965. The van der Waals surface area contributed by atoms with Gasteiger partial charge in [0, 0.05) is 36.9 Å². The molecule has 1 aromatic heterocycles. The monoisotopic (exact) mass is 403 g/mol. The van der Waals surface area contributed by atoms with Crippen molar-refractivity contribution < 1.29 is 4.42 Å². The molecule has 0 amide bonds. The molecule has 6 heteroatoms. The van der Waals surface area contributed by atoms with E-state index in [-0.39, 0.29) is 0 Å².